The van der Waals surface area contributed by atoms with Crippen LogP contribution in [0.15, 0.2) is 23.0 Å². The summed E-state index contributed by atoms with van der Waals surface area (Å²) >= 11 is 0. The molecule has 0 aromatic carbocycles. The second-order valence-corrected chi connectivity index (χ2v) is 3.68. The van der Waals surface area contributed by atoms with Crippen molar-refractivity contribution in [1.29, 1.82) is 0 Å². The summed E-state index contributed by atoms with van der Waals surface area (Å²) in [7, 11) is 1.57. The number of aromatic nitrogens is 3. The minimum Gasteiger partial charge on any atom is -0.479 e. The van der Waals surface area contributed by atoms with Gasteiger partial charge >= 0.3 is 0 Å². The third-order valence-electron chi connectivity index (χ3n) is 2.68. The number of hydrogen-bond acceptors (Lipinski definition) is 5. The van der Waals surface area contributed by atoms with Crippen LogP contribution in [0.5, 0.6) is 5.88 Å². The molecule has 1 aliphatic rings. The molecule has 0 atom stereocenters. The number of rotatable bonds is 3. The van der Waals surface area contributed by atoms with Gasteiger partial charge < -0.3 is 18.7 Å². The van der Waals surface area contributed by atoms with Crippen LogP contribution in [0.3, 0.4) is 0 Å². The minimum atomic E-state index is 0.512. The van der Waals surface area contributed by atoms with E-state index in [9.17, 15) is 0 Å². The molecule has 0 saturated carbocycles. The lowest BCUT2D eigenvalue weighted by molar-refractivity contribution is 0.326. The smallest absolute Gasteiger partial charge is 0.254 e. The molecule has 2 aromatic rings. The van der Waals surface area contributed by atoms with Gasteiger partial charge in [-0.2, -0.15) is 0 Å². The predicted molar refractivity (Wildman–Crippen MR) is 56.3 cm³/mol. The Morgan fingerprint density at radius 1 is 1.50 bits per heavy atom. The van der Waals surface area contributed by atoms with Crippen LogP contribution in [-0.2, 0) is 13.1 Å². The van der Waals surface area contributed by atoms with Crippen molar-refractivity contribution in [2.75, 3.05) is 18.6 Å². The molecular formula is C10H12N4O2. The van der Waals surface area contributed by atoms with Crippen LogP contribution < -0.4 is 9.64 Å². The van der Waals surface area contributed by atoms with Crippen LogP contribution in [0.1, 0.15) is 5.76 Å². The number of imidazole rings is 1. The van der Waals surface area contributed by atoms with E-state index in [4.69, 9.17) is 9.26 Å². The molecule has 6 nitrogen and oxygen atoms in total. The van der Waals surface area contributed by atoms with Crippen molar-refractivity contribution in [1.82, 2.24) is 14.7 Å². The van der Waals surface area contributed by atoms with E-state index in [1.807, 2.05) is 12.4 Å². The Bertz CT molecular complexity index is 490. The molecule has 2 aromatic heterocycles. The second-order valence-electron chi connectivity index (χ2n) is 3.68. The first-order chi connectivity index (χ1) is 7.86. The maximum Gasteiger partial charge on any atom is 0.254 e. The van der Waals surface area contributed by atoms with E-state index in [1.165, 1.54) is 0 Å². The summed E-state index contributed by atoms with van der Waals surface area (Å²) in [5.41, 5.74) is 0. The predicted octanol–water partition coefficient (Wildman–Crippen LogP) is 0.900. The van der Waals surface area contributed by atoms with Crippen molar-refractivity contribution in [3.8, 4) is 5.88 Å². The number of ether oxygens (including phenoxy) is 1. The van der Waals surface area contributed by atoms with Gasteiger partial charge in [-0.25, -0.2) is 4.98 Å². The van der Waals surface area contributed by atoms with E-state index < -0.39 is 0 Å². The van der Waals surface area contributed by atoms with Gasteiger partial charge in [0.05, 0.1) is 13.7 Å². The summed E-state index contributed by atoms with van der Waals surface area (Å²) in [5.74, 6) is 2.28. The highest BCUT2D eigenvalue weighted by atomic mass is 16.5. The Morgan fingerprint density at radius 2 is 2.44 bits per heavy atom. The zero-order chi connectivity index (χ0) is 11.0. The highest BCUT2D eigenvalue weighted by Gasteiger charge is 2.21. The lowest BCUT2D eigenvalue weighted by atomic mass is 10.4. The molecule has 6 heteroatoms. The molecule has 0 amide bonds. The molecule has 3 rings (SSSR count). The fraction of sp³-hybridized carbons (Fsp3) is 0.400. The molecule has 0 saturated heterocycles. The zero-order valence-corrected chi connectivity index (χ0v) is 8.96. The Kier molecular flexibility index (Phi) is 2.05. The summed E-state index contributed by atoms with van der Waals surface area (Å²) in [6.07, 6.45) is 3.79. The maximum absolute atomic E-state index is 5.16. The van der Waals surface area contributed by atoms with Crippen molar-refractivity contribution >= 4 is 5.95 Å². The van der Waals surface area contributed by atoms with E-state index in [1.54, 1.807) is 13.2 Å². The van der Waals surface area contributed by atoms with Crippen LogP contribution in [0.4, 0.5) is 5.95 Å². The van der Waals surface area contributed by atoms with Gasteiger partial charge in [0.25, 0.3) is 5.88 Å². The standard InChI is InChI=1S/C10H12N4O2/c1-15-9-6-8(16-12-9)7-14-5-4-13-3-2-11-10(13)14/h2-3,6H,4-5,7H2,1H3. The molecule has 0 unspecified atom stereocenters. The molecule has 3 heterocycles. The summed E-state index contributed by atoms with van der Waals surface area (Å²) < 4.78 is 12.2. The first-order valence-electron chi connectivity index (χ1n) is 5.12. The molecule has 0 bridgehead atoms. The zero-order valence-electron chi connectivity index (χ0n) is 8.96. The molecule has 0 radical (unpaired) electrons. The van der Waals surface area contributed by atoms with Gasteiger partial charge in [-0.3, -0.25) is 0 Å². The molecule has 0 aliphatic carbocycles. The number of fused-ring (bicyclic) bond motifs is 1. The lowest BCUT2D eigenvalue weighted by Gasteiger charge is -2.12. The average molecular weight is 220 g/mol. The average Bonchev–Trinajstić information content (AvgIpc) is 2.97. The van der Waals surface area contributed by atoms with Crippen LogP contribution in [0.25, 0.3) is 0 Å². The SMILES string of the molecule is COc1cc(CN2CCn3ccnc32)on1. The van der Waals surface area contributed by atoms with Crippen molar-refractivity contribution in [2.24, 2.45) is 0 Å². The normalized spacial score (nSPS) is 14.2. The van der Waals surface area contributed by atoms with Gasteiger partial charge in [-0.15, -0.1) is 0 Å². The Balaban J connectivity index is 1.76. The van der Waals surface area contributed by atoms with Crippen LogP contribution in [0.2, 0.25) is 0 Å². The van der Waals surface area contributed by atoms with Crippen molar-refractivity contribution in [3.63, 3.8) is 0 Å². The second kappa shape index (κ2) is 3.55. The van der Waals surface area contributed by atoms with Crippen LogP contribution in [-0.4, -0.2) is 28.4 Å². The van der Waals surface area contributed by atoms with E-state index in [-0.39, 0.29) is 0 Å². The number of anilines is 1. The molecule has 0 spiro atoms. The summed E-state index contributed by atoms with van der Waals surface area (Å²) in [4.78, 5) is 6.45. The van der Waals surface area contributed by atoms with Gasteiger partial charge in [-0.1, -0.05) is 0 Å². The summed E-state index contributed by atoms with van der Waals surface area (Å²) in [6.45, 7) is 2.60. The Morgan fingerprint density at radius 3 is 3.25 bits per heavy atom. The van der Waals surface area contributed by atoms with Crippen molar-refractivity contribution in [2.45, 2.75) is 13.1 Å². The van der Waals surface area contributed by atoms with E-state index in [2.05, 4.69) is 19.6 Å². The van der Waals surface area contributed by atoms with Gasteiger partial charge in [0.2, 0.25) is 5.95 Å². The number of hydrogen-bond donors (Lipinski definition) is 0. The summed E-state index contributed by atoms with van der Waals surface area (Å²) in [5, 5.41) is 3.77. The third kappa shape index (κ3) is 1.42. The topological polar surface area (TPSA) is 56.3 Å². The monoisotopic (exact) mass is 220 g/mol. The first kappa shape index (κ1) is 9.26. The highest BCUT2D eigenvalue weighted by Crippen LogP contribution is 2.22. The largest absolute Gasteiger partial charge is 0.479 e. The fourth-order valence-corrected chi connectivity index (χ4v) is 1.89. The lowest BCUT2D eigenvalue weighted by Crippen LogP contribution is -2.19. The molecule has 1 aliphatic heterocycles. The van der Waals surface area contributed by atoms with Gasteiger partial charge in [0.15, 0.2) is 5.76 Å². The maximum atomic E-state index is 5.16. The molecule has 0 N–H and O–H groups in total. The van der Waals surface area contributed by atoms with E-state index in [0.29, 0.717) is 12.4 Å². The quantitative estimate of drug-likeness (QED) is 0.769. The van der Waals surface area contributed by atoms with Gasteiger partial charge in [0.1, 0.15) is 0 Å². The first-order valence-corrected chi connectivity index (χ1v) is 5.12. The van der Waals surface area contributed by atoms with Crippen LogP contribution in [0, 0.1) is 0 Å². The van der Waals surface area contributed by atoms with Crippen LogP contribution >= 0.6 is 0 Å². The Hall–Kier alpha value is -1.98. The van der Waals surface area contributed by atoms with E-state index in [0.717, 1.165) is 24.8 Å². The highest BCUT2D eigenvalue weighted by molar-refractivity contribution is 5.35. The number of methoxy groups -OCH3 is 1. The third-order valence-corrected chi connectivity index (χ3v) is 2.68. The summed E-state index contributed by atoms with van der Waals surface area (Å²) in [6, 6.07) is 1.80. The van der Waals surface area contributed by atoms with E-state index >= 15 is 0 Å². The minimum absolute atomic E-state index is 0.512. The van der Waals surface area contributed by atoms with Crippen molar-refractivity contribution < 1.29 is 9.26 Å². The molecule has 0 fully saturated rings. The molecule has 16 heavy (non-hydrogen) atoms. The van der Waals surface area contributed by atoms with Gasteiger partial charge in [-0.05, 0) is 5.16 Å². The number of nitrogens with zero attached hydrogens (tertiary/aromatic N) is 4. The molecular weight excluding hydrogens is 208 g/mol. The molecule has 84 valence electrons. The van der Waals surface area contributed by atoms with Gasteiger partial charge in [0, 0.05) is 31.5 Å². The van der Waals surface area contributed by atoms with Crippen molar-refractivity contribution in [3.05, 3.63) is 24.2 Å². The Labute approximate surface area is 92.4 Å². The fourth-order valence-electron chi connectivity index (χ4n) is 1.89.